The number of nitrogens with zero attached hydrogens (tertiary/aromatic N) is 2. The second-order valence-corrected chi connectivity index (χ2v) is 7.50. The Hall–Kier alpha value is -2.24. The molecule has 0 saturated carbocycles. The van der Waals surface area contributed by atoms with Crippen LogP contribution in [0.2, 0.25) is 5.02 Å². The van der Waals surface area contributed by atoms with Crippen LogP contribution >= 0.6 is 11.6 Å². The van der Waals surface area contributed by atoms with Crippen molar-refractivity contribution >= 4 is 28.9 Å². The maximum absolute atomic E-state index is 12.5. The van der Waals surface area contributed by atoms with E-state index >= 15 is 0 Å². The Balaban J connectivity index is 1.67. The van der Waals surface area contributed by atoms with Crippen molar-refractivity contribution in [3.05, 3.63) is 52.5 Å². The average molecular weight is 402 g/mol. The normalized spacial score (nSPS) is 14.8. The molecule has 1 aliphatic rings. The van der Waals surface area contributed by atoms with Crippen LogP contribution < -0.4 is 15.0 Å². The highest BCUT2D eigenvalue weighted by Crippen LogP contribution is 2.34. The summed E-state index contributed by atoms with van der Waals surface area (Å²) >= 11 is 6.49. The number of aryl methyl sites for hydroxylation is 1. The second-order valence-electron chi connectivity index (χ2n) is 7.09. The number of hydrogen-bond donors (Lipinski definition) is 1. The van der Waals surface area contributed by atoms with Gasteiger partial charge in [0.05, 0.1) is 16.4 Å². The van der Waals surface area contributed by atoms with Crippen molar-refractivity contribution in [1.29, 1.82) is 0 Å². The molecule has 0 spiro atoms. The van der Waals surface area contributed by atoms with Crippen molar-refractivity contribution in [1.82, 2.24) is 4.90 Å². The molecule has 1 saturated heterocycles. The van der Waals surface area contributed by atoms with Gasteiger partial charge in [0.25, 0.3) is 5.91 Å². The van der Waals surface area contributed by atoms with Crippen LogP contribution in [0.15, 0.2) is 36.4 Å². The minimum atomic E-state index is -0.198. The standard InChI is InChI=1S/C22H28ClN3O2/c1-4-25-11-13-26(14-12-25)22-18(23)8-6-9-19(22)24-21(27)15-28-20-10-5-7-16(2)17(20)3/h5-10H,4,11-15H2,1-3H3,(H,24,27). The Kier molecular flexibility index (Phi) is 6.81. The maximum Gasteiger partial charge on any atom is 0.262 e. The zero-order valence-electron chi connectivity index (χ0n) is 16.8. The van der Waals surface area contributed by atoms with Gasteiger partial charge in [-0.25, -0.2) is 0 Å². The number of anilines is 2. The molecule has 1 heterocycles. The van der Waals surface area contributed by atoms with Crippen molar-refractivity contribution < 1.29 is 9.53 Å². The number of rotatable bonds is 6. The number of hydrogen-bond acceptors (Lipinski definition) is 4. The molecule has 1 aliphatic heterocycles. The van der Waals surface area contributed by atoms with Gasteiger partial charge in [-0.2, -0.15) is 0 Å². The van der Waals surface area contributed by atoms with Crippen molar-refractivity contribution in [2.45, 2.75) is 20.8 Å². The monoisotopic (exact) mass is 401 g/mol. The van der Waals surface area contributed by atoms with Gasteiger partial charge in [0.1, 0.15) is 5.75 Å². The highest BCUT2D eigenvalue weighted by Gasteiger charge is 2.21. The quantitative estimate of drug-likeness (QED) is 0.790. The van der Waals surface area contributed by atoms with Crippen LogP contribution in [0.3, 0.4) is 0 Å². The van der Waals surface area contributed by atoms with E-state index in [0.717, 1.165) is 61.0 Å². The Labute approximate surface area is 172 Å². The Morgan fingerprint density at radius 2 is 1.82 bits per heavy atom. The van der Waals surface area contributed by atoms with Gasteiger partial charge < -0.3 is 19.9 Å². The average Bonchev–Trinajstić information content (AvgIpc) is 2.69. The number of ether oxygens (including phenoxy) is 1. The van der Waals surface area contributed by atoms with Crippen molar-refractivity contribution in [3.8, 4) is 5.75 Å². The second kappa shape index (κ2) is 9.30. The third kappa shape index (κ3) is 4.78. The predicted octanol–water partition coefficient (Wildman–Crippen LogP) is 4.12. The first-order valence-electron chi connectivity index (χ1n) is 9.74. The molecule has 2 aromatic rings. The molecule has 0 aromatic heterocycles. The molecular weight excluding hydrogens is 374 g/mol. The predicted molar refractivity (Wildman–Crippen MR) is 116 cm³/mol. The maximum atomic E-state index is 12.5. The number of likely N-dealkylation sites (N-methyl/N-ethyl adjacent to an activating group) is 1. The van der Waals surface area contributed by atoms with E-state index in [1.54, 1.807) is 0 Å². The summed E-state index contributed by atoms with van der Waals surface area (Å²) in [5.41, 5.74) is 3.81. The van der Waals surface area contributed by atoms with Gasteiger partial charge in [-0.1, -0.05) is 36.7 Å². The highest BCUT2D eigenvalue weighted by atomic mass is 35.5. The molecule has 0 radical (unpaired) electrons. The zero-order chi connectivity index (χ0) is 20.1. The van der Waals surface area contributed by atoms with Gasteiger partial charge in [0.2, 0.25) is 0 Å². The van der Waals surface area contributed by atoms with E-state index in [0.29, 0.717) is 5.02 Å². The van der Waals surface area contributed by atoms with E-state index in [4.69, 9.17) is 16.3 Å². The summed E-state index contributed by atoms with van der Waals surface area (Å²) in [5, 5.41) is 3.63. The third-order valence-corrected chi connectivity index (χ3v) is 5.62. The van der Waals surface area contributed by atoms with Gasteiger partial charge in [-0.3, -0.25) is 4.79 Å². The molecule has 0 unspecified atom stereocenters. The number of nitrogens with one attached hydrogen (secondary N) is 1. The van der Waals surface area contributed by atoms with E-state index in [-0.39, 0.29) is 12.5 Å². The smallest absolute Gasteiger partial charge is 0.262 e. The summed E-state index contributed by atoms with van der Waals surface area (Å²) in [4.78, 5) is 17.2. The number of para-hydroxylation sites is 1. The van der Waals surface area contributed by atoms with Crippen LogP contribution in [-0.4, -0.2) is 50.1 Å². The molecule has 6 heteroatoms. The van der Waals surface area contributed by atoms with E-state index in [1.807, 2.05) is 50.2 Å². The van der Waals surface area contributed by atoms with Gasteiger partial charge in [-0.15, -0.1) is 0 Å². The van der Waals surface area contributed by atoms with Gasteiger partial charge in [0, 0.05) is 26.2 Å². The molecular formula is C22H28ClN3O2. The third-order valence-electron chi connectivity index (χ3n) is 5.31. The fourth-order valence-electron chi connectivity index (χ4n) is 3.44. The molecule has 0 atom stereocenters. The lowest BCUT2D eigenvalue weighted by molar-refractivity contribution is -0.118. The number of halogens is 1. The molecule has 3 rings (SSSR count). The zero-order valence-corrected chi connectivity index (χ0v) is 17.6. The van der Waals surface area contributed by atoms with Crippen molar-refractivity contribution in [2.24, 2.45) is 0 Å². The lowest BCUT2D eigenvalue weighted by atomic mass is 10.1. The molecule has 28 heavy (non-hydrogen) atoms. The lowest BCUT2D eigenvalue weighted by Crippen LogP contribution is -2.46. The van der Waals surface area contributed by atoms with E-state index in [9.17, 15) is 4.79 Å². The van der Waals surface area contributed by atoms with Crippen molar-refractivity contribution in [3.63, 3.8) is 0 Å². The number of carbonyl (C=O) groups is 1. The van der Waals surface area contributed by atoms with Crippen molar-refractivity contribution in [2.75, 3.05) is 49.5 Å². The Bertz CT molecular complexity index is 833. The van der Waals surface area contributed by atoms with Gasteiger partial charge >= 0.3 is 0 Å². The summed E-state index contributed by atoms with van der Waals surface area (Å²) in [6.45, 7) is 11.0. The largest absolute Gasteiger partial charge is 0.483 e. The molecule has 150 valence electrons. The molecule has 0 bridgehead atoms. The van der Waals surface area contributed by atoms with Gasteiger partial charge in [-0.05, 0) is 49.7 Å². The SMILES string of the molecule is CCN1CCN(c2c(Cl)cccc2NC(=O)COc2cccc(C)c2C)CC1. The first-order valence-corrected chi connectivity index (χ1v) is 10.1. The summed E-state index contributed by atoms with van der Waals surface area (Å²) in [6, 6.07) is 11.5. The minimum Gasteiger partial charge on any atom is -0.483 e. The molecule has 2 aromatic carbocycles. The number of benzene rings is 2. The highest BCUT2D eigenvalue weighted by molar-refractivity contribution is 6.34. The molecule has 1 fully saturated rings. The summed E-state index contributed by atoms with van der Waals surface area (Å²) in [6.07, 6.45) is 0. The molecule has 5 nitrogen and oxygen atoms in total. The molecule has 0 aliphatic carbocycles. The van der Waals surface area contributed by atoms with Crippen LogP contribution in [0, 0.1) is 13.8 Å². The fraction of sp³-hybridized carbons (Fsp3) is 0.409. The fourth-order valence-corrected chi connectivity index (χ4v) is 3.73. The van der Waals surface area contributed by atoms with Crippen LogP contribution in [0.4, 0.5) is 11.4 Å². The van der Waals surface area contributed by atoms with Crippen LogP contribution in [-0.2, 0) is 4.79 Å². The van der Waals surface area contributed by atoms with Crippen LogP contribution in [0.1, 0.15) is 18.1 Å². The summed E-state index contributed by atoms with van der Waals surface area (Å²) in [7, 11) is 0. The molecule has 1 amide bonds. The number of carbonyl (C=O) groups excluding carboxylic acids is 1. The Morgan fingerprint density at radius 3 is 2.54 bits per heavy atom. The summed E-state index contributed by atoms with van der Waals surface area (Å²) in [5.74, 6) is 0.536. The topological polar surface area (TPSA) is 44.8 Å². The van der Waals surface area contributed by atoms with E-state index in [2.05, 4.69) is 22.0 Å². The molecule has 1 N–H and O–H groups in total. The number of amides is 1. The van der Waals surface area contributed by atoms with Gasteiger partial charge in [0.15, 0.2) is 6.61 Å². The lowest BCUT2D eigenvalue weighted by Gasteiger charge is -2.36. The summed E-state index contributed by atoms with van der Waals surface area (Å²) < 4.78 is 5.73. The Morgan fingerprint density at radius 1 is 1.11 bits per heavy atom. The van der Waals surface area contributed by atoms with E-state index < -0.39 is 0 Å². The van der Waals surface area contributed by atoms with Crippen LogP contribution in [0.25, 0.3) is 0 Å². The minimum absolute atomic E-state index is 0.0418. The van der Waals surface area contributed by atoms with Crippen LogP contribution in [0.5, 0.6) is 5.75 Å². The first kappa shape index (κ1) is 20.5. The number of piperazine rings is 1. The van der Waals surface area contributed by atoms with E-state index in [1.165, 1.54) is 0 Å². The first-order chi connectivity index (χ1) is 13.5.